The Hall–Kier alpha value is -1.58. The average molecular weight is 264 g/mol. The Morgan fingerprint density at radius 3 is 2.37 bits per heavy atom. The first-order valence-corrected chi connectivity index (χ1v) is 6.84. The Labute approximate surface area is 115 Å². The lowest BCUT2D eigenvalue weighted by molar-refractivity contribution is 0.0696. The molecule has 0 atom stereocenters. The molecule has 4 nitrogen and oxygen atoms in total. The number of aromatic carboxylic acids is 1. The Morgan fingerprint density at radius 2 is 1.95 bits per heavy atom. The quantitative estimate of drug-likeness (QED) is 0.818. The molecule has 0 aromatic carbocycles. The van der Waals surface area contributed by atoms with E-state index < -0.39 is 5.97 Å². The fourth-order valence-corrected chi connectivity index (χ4v) is 1.77. The second kappa shape index (κ2) is 6.04. The number of hydrogen-bond acceptors (Lipinski definition) is 3. The molecule has 0 radical (unpaired) electrons. The summed E-state index contributed by atoms with van der Waals surface area (Å²) in [6, 6.07) is 3.26. The monoisotopic (exact) mass is 264 g/mol. The van der Waals surface area contributed by atoms with Crippen molar-refractivity contribution >= 4 is 11.8 Å². The van der Waals surface area contributed by atoms with E-state index in [1.54, 1.807) is 12.1 Å². The molecule has 4 heteroatoms. The van der Waals surface area contributed by atoms with Crippen molar-refractivity contribution in [1.29, 1.82) is 0 Å². The van der Waals surface area contributed by atoms with Gasteiger partial charge in [0.25, 0.3) is 0 Å². The second-order valence-corrected chi connectivity index (χ2v) is 5.52. The number of carboxylic acid groups (broad SMARTS) is 1. The number of carboxylic acids is 1. The zero-order valence-corrected chi connectivity index (χ0v) is 12.4. The summed E-state index contributed by atoms with van der Waals surface area (Å²) in [5.41, 5.74) is 1.03. The molecular weight excluding hydrogens is 240 g/mol. The lowest BCUT2D eigenvalue weighted by Crippen LogP contribution is -2.33. The van der Waals surface area contributed by atoms with Crippen LogP contribution in [0.2, 0.25) is 0 Å². The molecule has 1 heterocycles. The van der Waals surface area contributed by atoms with E-state index in [4.69, 9.17) is 0 Å². The van der Waals surface area contributed by atoms with E-state index in [1.165, 1.54) is 0 Å². The number of hydrogen-bond donors (Lipinski definition) is 2. The van der Waals surface area contributed by atoms with Gasteiger partial charge in [0, 0.05) is 11.2 Å². The van der Waals surface area contributed by atoms with Crippen LogP contribution in [0.15, 0.2) is 12.1 Å². The van der Waals surface area contributed by atoms with Crippen LogP contribution in [-0.2, 0) is 0 Å². The van der Waals surface area contributed by atoms with Crippen LogP contribution in [0.5, 0.6) is 0 Å². The molecule has 106 valence electrons. The predicted octanol–water partition coefficient (Wildman–Crippen LogP) is 3.89. The number of aromatic nitrogens is 1. The van der Waals surface area contributed by atoms with Gasteiger partial charge in [-0.3, -0.25) is 0 Å². The molecule has 0 bridgehead atoms. The summed E-state index contributed by atoms with van der Waals surface area (Å²) < 4.78 is 0. The van der Waals surface area contributed by atoms with Gasteiger partial charge in [-0.1, -0.05) is 27.7 Å². The molecule has 0 unspecified atom stereocenters. The maximum atomic E-state index is 11.2. The van der Waals surface area contributed by atoms with Crippen LogP contribution < -0.4 is 5.32 Å². The van der Waals surface area contributed by atoms with Gasteiger partial charge in [-0.05, 0) is 37.8 Å². The van der Waals surface area contributed by atoms with Crippen molar-refractivity contribution in [2.75, 3.05) is 5.32 Å². The molecule has 0 aliphatic carbocycles. The fourth-order valence-electron chi connectivity index (χ4n) is 1.77. The molecule has 0 saturated carbocycles. The minimum atomic E-state index is -0.915. The fraction of sp³-hybridized carbons (Fsp3) is 0.600. The summed E-state index contributed by atoms with van der Waals surface area (Å²) in [4.78, 5) is 15.7. The highest BCUT2D eigenvalue weighted by atomic mass is 16.4. The minimum absolute atomic E-state index is 0.0572. The average Bonchev–Trinajstić information content (AvgIpc) is 2.38. The van der Waals surface area contributed by atoms with E-state index >= 15 is 0 Å². The van der Waals surface area contributed by atoms with Gasteiger partial charge in [0.2, 0.25) is 0 Å². The van der Waals surface area contributed by atoms with Crippen LogP contribution >= 0.6 is 0 Å². The molecule has 1 rings (SSSR count). The third-order valence-corrected chi connectivity index (χ3v) is 3.67. The summed E-state index contributed by atoms with van der Waals surface area (Å²) in [6.07, 6.45) is 1.92. The maximum absolute atomic E-state index is 11.2. The van der Waals surface area contributed by atoms with Crippen LogP contribution in [0.4, 0.5) is 5.82 Å². The first-order chi connectivity index (χ1) is 8.81. The van der Waals surface area contributed by atoms with Crippen molar-refractivity contribution in [3.8, 4) is 0 Å². The van der Waals surface area contributed by atoms with Gasteiger partial charge in [-0.25, -0.2) is 9.78 Å². The molecular formula is C15H24N2O2. The van der Waals surface area contributed by atoms with Crippen molar-refractivity contribution in [2.24, 2.45) is 0 Å². The van der Waals surface area contributed by atoms with Crippen LogP contribution in [0.1, 0.15) is 69.4 Å². The third-order valence-electron chi connectivity index (χ3n) is 3.67. The van der Waals surface area contributed by atoms with Crippen molar-refractivity contribution in [3.63, 3.8) is 0 Å². The molecule has 1 aromatic rings. The van der Waals surface area contributed by atoms with Gasteiger partial charge >= 0.3 is 5.97 Å². The first kappa shape index (κ1) is 15.5. The Balaban J connectivity index is 3.16. The van der Waals surface area contributed by atoms with Gasteiger partial charge in [-0.2, -0.15) is 0 Å². The number of carbonyl (C=O) groups is 1. The highest BCUT2D eigenvalue weighted by Crippen LogP contribution is 2.23. The SMILES string of the molecule is CCC(C)(CC)Nc1cc(C(=O)O)cc(C(C)C)n1. The number of rotatable bonds is 6. The van der Waals surface area contributed by atoms with Crippen molar-refractivity contribution < 1.29 is 9.90 Å². The van der Waals surface area contributed by atoms with Gasteiger partial charge < -0.3 is 10.4 Å². The van der Waals surface area contributed by atoms with Gasteiger partial charge in [0.1, 0.15) is 5.82 Å². The highest BCUT2D eigenvalue weighted by molar-refractivity contribution is 5.88. The molecule has 0 saturated heterocycles. The highest BCUT2D eigenvalue weighted by Gasteiger charge is 2.21. The Kier molecular flexibility index (Phi) is 4.92. The van der Waals surface area contributed by atoms with Crippen LogP contribution in [0.3, 0.4) is 0 Å². The third kappa shape index (κ3) is 3.94. The summed E-state index contributed by atoms with van der Waals surface area (Å²) in [7, 11) is 0. The minimum Gasteiger partial charge on any atom is -0.478 e. The molecule has 1 aromatic heterocycles. The maximum Gasteiger partial charge on any atom is 0.335 e. The molecule has 0 fully saturated rings. The first-order valence-electron chi connectivity index (χ1n) is 6.84. The van der Waals surface area contributed by atoms with E-state index in [-0.39, 0.29) is 17.0 Å². The number of anilines is 1. The summed E-state index contributed by atoms with van der Waals surface area (Å²) in [5.74, 6) is -0.0637. The summed E-state index contributed by atoms with van der Waals surface area (Å²) >= 11 is 0. The number of pyridine rings is 1. The molecule has 2 N–H and O–H groups in total. The molecule has 0 aliphatic heterocycles. The van der Waals surface area contributed by atoms with Crippen LogP contribution in [0.25, 0.3) is 0 Å². The number of nitrogens with one attached hydrogen (secondary N) is 1. The molecule has 19 heavy (non-hydrogen) atoms. The van der Waals surface area contributed by atoms with Gasteiger partial charge in [-0.15, -0.1) is 0 Å². The van der Waals surface area contributed by atoms with Crippen molar-refractivity contribution in [1.82, 2.24) is 4.98 Å². The van der Waals surface area contributed by atoms with E-state index in [0.29, 0.717) is 5.82 Å². The molecule has 0 spiro atoms. The standard InChI is InChI=1S/C15H24N2O2/c1-6-15(5,7-2)17-13-9-11(14(18)19)8-12(16-13)10(3)4/h8-10H,6-7H2,1-5H3,(H,16,17)(H,18,19). The Morgan fingerprint density at radius 1 is 1.37 bits per heavy atom. The Bertz CT molecular complexity index is 451. The van der Waals surface area contributed by atoms with Gasteiger partial charge in [0.05, 0.1) is 5.56 Å². The van der Waals surface area contributed by atoms with Crippen LogP contribution in [0, 0.1) is 0 Å². The lowest BCUT2D eigenvalue weighted by Gasteiger charge is -2.29. The number of nitrogens with zero attached hydrogens (tertiary/aromatic N) is 1. The van der Waals surface area contributed by atoms with E-state index in [1.807, 2.05) is 13.8 Å². The van der Waals surface area contributed by atoms with E-state index in [9.17, 15) is 9.90 Å². The molecule has 0 aliphatic rings. The normalized spacial score (nSPS) is 11.7. The lowest BCUT2D eigenvalue weighted by atomic mass is 9.95. The zero-order valence-electron chi connectivity index (χ0n) is 12.4. The smallest absolute Gasteiger partial charge is 0.335 e. The topological polar surface area (TPSA) is 62.2 Å². The van der Waals surface area contributed by atoms with Gasteiger partial charge in [0.15, 0.2) is 0 Å². The predicted molar refractivity (Wildman–Crippen MR) is 77.9 cm³/mol. The van der Waals surface area contributed by atoms with E-state index in [0.717, 1.165) is 18.5 Å². The second-order valence-electron chi connectivity index (χ2n) is 5.52. The van der Waals surface area contributed by atoms with E-state index in [2.05, 4.69) is 31.1 Å². The summed E-state index contributed by atoms with van der Waals surface area (Å²) in [5, 5.41) is 12.5. The molecule has 0 amide bonds. The van der Waals surface area contributed by atoms with Crippen molar-refractivity contribution in [2.45, 2.75) is 58.9 Å². The van der Waals surface area contributed by atoms with Crippen molar-refractivity contribution in [3.05, 3.63) is 23.4 Å². The summed E-state index contributed by atoms with van der Waals surface area (Å²) in [6.45, 7) is 10.4. The largest absolute Gasteiger partial charge is 0.478 e. The zero-order chi connectivity index (χ0) is 14.6. The van der Waals surface area contributed by atoms with Crippen LogP contribution in [-0.4, -0.2) is 21.6 Å².